The van der Waals surface area contributed by atoms with Crippen LogP contribution in [-0.2, 0) is 22.4 Å². The average Bonchev–Trinajstić information content (AvgIpc) is 2.92. The van der Waals surface area contributed by atoms with Gasteiger partial charge in [0.25, 0.3) is 0 Å². The molecular weight excluding hydrogens is 300 g/mol. The molecule has 3 rings (SSSR count). The van der Waals surface area contributed by atoms with E-state index in [1.165, 1.54) is 5.69 Å². The number of nitrogens with two attached hydrogens (primary N) is 1. The molecule has 0 bridgehead atoms. The molecule has 2 aromatic rings. The second kappa shape index (κ2) is 6.29. The van der Waals surface area contributed by atoms with E-state index in [2.05, 4.69) is 47.4 Å². The lowest BCUT2D eigenvalue weighted by atomic mass is 9.97. The maximum absolute atomic E-state index is 12.1. The van der Waals surface area contributed by atoms with Gasteiger partial charge in [-0.1, -0.05) is 30.3 Å². The van der Waals surface area contributed by atoms with Crippen LogP contribution in [0, 0.1) is 0 Å². The number of ether oxygens (including phenoxy) is 1. The standard InChI is InChI=1S/C20H24N2O2/c1-4-24-19(23)20(21)12-16-6-5-15(11-17(16)13-20)14-7-9-18(10-8-14)22(2)3/h5-11H,4,12-13,21H2,1-3H3. The molecule has 0 spiro atoms. The second-order valence-corrected chi connectivity index (χ2v) is 6.65. The minimum absolute atomic E-state index is 0.307. The number of hydrogen-bond acceptors (Lipinski definition) is 4. The first-order chi connectivity index (χ1) is 11.4. The second-order valence-electron chi connectivity index (χ2n) is 6.65. The van der Waals surface area contributed by atoms with Crippen molar-refractivity contribution in [3.8, 4) is 11.1 Å². The molecule has 4 heteroatoms. The first-order valence-corrected chi connectivity index (χ1v) is 8.28. The highest BCUT2D eigenvalue weighted by Gasteiger charge is 2.41. The summed E-state index contributed by atoms with van der Waals surface area (Å²) in [6.45, 7) is 2.16. The fraction of sp³-hybridized carbons (Fsp3) is 0.350. The molecule has 24 heavy (non-hydrogen) atoms. The van der Waals surface area contributed by atoms with E-state index < -0.39 is 5.54 Å². The summed E-state index contributed by atoms with van der Waals surface area (Å²) in [5.74, 6) is -0.307. The van der Waals surface area contributed by atoms with Crippen molar-refractivity contribution in [2.75, 3.05) is 25.6 Å². The van der Waals surface area contributed by atoms with Gasteiger partial charge >= 0.3 is 5.97 Å². The molecule has 126 valence electrons. The summed E-state index contributed by atoms with van der Waals surface area (Å²) in [7, 11) is 4.06. The average molecular weight is 324 g/mol. The topological polar surface area (TPSA) is 55.6 Å². The summed E-state index contributed by atoms with van der Waals surface area (Å²) in [5.41, 5.74) is 11.1. The van der Waals surface area contributed by atoms with E-state index in [4.69, 9.17) is 10.5 Å². The zero-order valence-corrected chi connectivity index (χ0v) is 14.5. The van der Waals surface area contributed by atoms with Crippen LogP contribution in [0.5, 0.6) is 0 Å². The van der Waals surface area contributed by atoms with Gasteiger partial charge in [-0.25, -0.2) is 0 Å². The Morgan fingerprint density at radius 2 is 1.71 bits per heavy atom. The van der Waals surface area contributed by atoms with Crippen LogP contribution in [0.2, 0.25) is 0 Å². The van der Waals surface area contributed by atoms with Crippen molar-refractivity contribution in [1.82, 2.24) is 0 Å². The quantitative estimate of drug-likeness (QED) is 0.879. The minimum Gasteiger partial charge on any atom is -0.465 e. The summed E-state index contributed by atoms with van der Waals surface area (Å²) in [4.78, 5) is 14.2. The number of nitrogens with zero attached hydrogens (tertiary/aromatic N) is 1. The number of esters is 1. The first-order valence-electron chi connectivity index (χ1n) is 8.28. The van der Waals surface area contributed by atoms with Crippen molar-refractivity contribution in [3.05, 3.63) is 53.6 Å². The maximum Gasteiger partial charge on any atom is 0.326 e. The van der Waals surface area contributed by atoms with Gasteiger partial charge in [0.15, 0.2) is 0 Å². The van der Waals surface area contributed by atoms with E-state index >= 15 is 0 Å². The SMILES string of the molecule is CCOC(=O)C1(N)Cc2ccc(-c3ccc(N(C)C)cc3)cc2C1. The summed E-state index contributed by atoms with van der Waals surface area (Å²) < 4.78 is 5.14. The van der Waals surface area contributed by atoms with E-state index in [0.29, 0.717) is 19.4 Å². The van der Waals surface area contributed by atoms with Crippen LogP contribution in [0.25, 0.3) is 11.1 Å². The smallest absolute Gasteiger partial charge is 0.326 e. The number of carbonyl (C=O) groups excluding carboxylic acids is 1. The van der Waals surface area contributed by atoms with Crippen LogP contribution in [0.15, 0.2) is 42.5 Å². The molecule has 1 aliphatic rings. The van der Waals surface area contributed by atoms with Gasteiger partial charge in [0.2, 0.25) is 0 Å². The van der Waals surface area contributed by atoms with Crippen molar-refractivity contribution in [3.63, 3.8) is 0 Å². The van der Waals surface area contributed by atoms with Gasteiger partial charge in [0.1, 0.15) is 5.54 Å². The molecule has 1 unspecified atom stereocenters. The largest absolute Gasteiger partial charge is 0.465 e. The van der Waals surface area contributed by atoms with Crippen LogP contribution in [0.3, 0.4) is 0 Å². The van der Waals surface area contributed by atoms with Crippen molar-refractivity contribution in [1.29, 1.82) is 0 Å². The van der Waals surface area contributed by atoms with Gasteiger partial charge in [0.05, 0.1) is 6.61 Å². The maximum atomic E-state index is 12.1. The van der Waals surface area contributed by atoms with Gasteiger partial charge in [0, 0.05) is 32.6 Å². The molecule has 0 saturated heterocycles. The van der Waals surface area contributed by atoms with Crippen molar-refractivity contribution < 1.29 is 9.53 Å². The Morgan fingerprint density at radius 1 is 1.08 bits per heavy atom. The number of rotatable bonds is 4. The molecule has 1 atom stereocenters. The number of fused-ring (bicyclic) bond motifs is 1. The molecule has 0 amide bonds. The van der Waals surface area contributed by atoms with Crippen LogP contribution in [-0.4, -0.2) is 32.2 Å². The van der Waals surface area contributed by atoms with E-state index in [1.54, 1.807) is 6.92 Å². The summed E-state index contributed by atoms with van der Waals surface area (Å²) in [6, 6.07) is 14.8. The Hall–Kier alpha value is -2.33. The third-order valence-electron chi connectivity index (χ3n) is 4.62. The molecule has 4 nitrogen and oxygen atoms in total. The Bertz CT molecular complexity index is 753. The van der Waals surface area contributed by atoms with Crippen molar-refractivity contribution >= 4 is 11.7 Å². The summed E-state index contributed by atoms with van der Waals surface area (Å²) >= 11 is 0. The van der Waals surface area contributed by atoms with Crippen molar-refractivity contribution in [2.45, 2.75) is 25.3 Å². The monoisotopic (exact) mass is 324 g/mol. The summed E-state index contributed by atoms with van der Waals surface area (Å²) in [5, 5.41) is 0. The normalized spacial score (nSPS) is 19.0. The lowest BCUT2D eigenvalue weighted by molar-refractivity contribution is -0.149. The molecular formula is C20H24N2O2. The third-order valence-corrected chi connectivity index (χ3v) is 4.62. The molecule has 0 heterocycles. The fourth-order valence-electron chi connectivity index (χ4n) is 3.26. The lowest BCUT2D eigenvalue weighted by Gasteiger charge is -2.20. The van der Waals surface area contributed by atoms with Crippen LogP contribution < -0.4 is 10.6 Å². The Balaban J connectivity index is 1.85. The lowest BCUT2D eigenvalue weighted by Crippen LogP contribution is -2.50. The van der Waals surface area contributed by atoms with Crippen LogP contribution >= 0.6 is 0 Å². The van der Waals surface area contributed by atoms with Crippen molar-refractivity contribution in [2.24, 2.45) is 5.73 Å². The zero-order chi connectivity index (χ0) is 17.3. The number of carbonyl (C=O) groups is 1. The Morgan fingerprint density at radius 3 is 2.33 bits per heavy atom. The van der Waals surface area contributed by atoms with Crippen LogP contribution in [0.4, 0.5) is 5.69 Å². The van der Waals surface area contributed by atoms with E-state index in [-0.39, 0.29) is 5.97 Å². The molecule has 0 saturated carbocycles. The van der Waals surface area contributed by atoms with E-state index in [9.17, 15) is 4.79 Å². The zero-order valence-electron chi connectivity index (χ0n) is 14.5. The van der Waals surface area contributed by atoms with Gasteiger partial charge < -0.3 is 15.4 Å². The van der Waals surface area contributed by atoms with Gasteiger partial charge in [-0.3, -0.25) is 4.79 Å². The molecule has 0 radical (unpaired) electrons. The molecule has 0 fully saturated rings. The van der Waals surface area contributed by atoms with Gasteiger partial charge in [-0.2, -0.15) is 0 Å². The van der Waals surface area contributed by atoms with Gasteiger partial charge in [-0.05, 0) is 41.3 Å². The first kappa shape index (κ1) is 16.5. The third kappa shape index (κ3) is 3.02. The highest BCUT2D eigenvalue weighted by molar-refractivity contribution is 5.83. The molecule has 2 aromatic carbocycles. The Labute approximate surface area is 143 Å². The fourth-order valence-corrected chi connectivity index (χ4v) is 3.26. The predicted molar refractivity (Wildman–Crippen MR) is 97.2 cm³/mol. The summed E-state index contributed by atoms with van der Waals surface area (Å²) in [6.07, 6.45) is 1.08. The predicted octanol–water partition coefficient (Wildman–Crippen LogP) is 2.78. The number of anilines is 1. The molecule has 1 aliphatic carbocycles. The molecule has 0 aromatic heterocycles. The number of benzene rings is 2. The molecule has 0 aliphatic heterocycles. The van der Waals surface area contributed by atoms with E-state index in [1.807, 2.05) is 14.1 Å². The highest BCUT2D eigenvalue weighted by atomic mass is 16.5. The molecule has 2 N–H and O–H groups in total. The number of hydrogen-bond donors (Lipinski definition) is 1. The van der Waals surface area contributed by atoms with Crippen LogP contribution in [0.1, 0.15) is 18.1 Å². The highest BCUT2D eigenvalue weighted by Crippen LogP contribution is 2.33. The Kier molecular flexibility index (Phi) is 4.33. The minimum atomic E-state index is -0.925. The van der Waals surface area contributed by atoms with E-state index in [0.717, 1.165) is 22.3 Å². The van der Waals surface area contributed by atoms with Gasteiger partial charge in [-0.15, -0.1) is 0 Å².